The summed E-state index contributed by atoms with van der Waals surface area (Å²) in [5, 5.41) is 4.24. The van der Waals surface area contributed by atoms with Gasteiger partial charge in [-0.1, -0.05) is 29.4 Å². The van der Waals surface area contributed by atoms with Crippen LogP contribution in [-0.2, 0) is 0 Å². The SMILES string of the molecule is Clc1cnc(NCC2CCC2)s1. The predicted octanol–water partition coefficient (Wildman–Crippen LogP) is 3.01. The molecule has 2 nitrogen and oxygen atoms in total. The number of hydrogen-bond acceptors (Lipinski definition) is 3. The molecule has 12 heavy (non-hydrogen) atoms. The largest absolute Gasteiger partial charge is 0.361 e. The van der Waals surface area contributed by atoms with Gasteiger partial charge in [0, 0.05) is 6.54 Å². The molecule has 2 rings (SSSR count). The van der Waals surface area contributed by atoms with Crippen LogP contribution in [0.5, 0.6) is 0 Å². The Kier molecular flexibility index (Phi) is 2.51. The molecule has 0 radical (unpaired) electrons. The summed E-state index contributed by atoms with van der Waals surface area (Å²) in [7, 11) is 0. The number of rotatable bonds is 3. The van der Waals surface area contributed by atoms with E-state index in [0.29, 0.717) is 0 Å². The van der Waals surface area contributed by atoms with Crippen molar-refractivity contribution in [1.29, 1.82) is 0 Å². The third kappa shape index (κ3) is 1.90. The molecule has 1 heterocycles. The Morgan fingerprint density at radius 3 is 3.00 bits per heavy atom. The van der Waals surface area contributed by atoms with Crippen LogP contribution in [0.1, 0.15) is 19.3 Å². The van der Waals surface area contributed by atoms with E-state index in [1.807, 2.05) is 0 Å². The summed E-state index contributed by atoms with van der Waals surface area (Å²) in [5.74, 6) is 0.868. The summed E-state index contributed by atoms with van der Waals surface area (Å²) in [6, 6.07) is 0. The molecule has 0 amide bonds. The molecule has 1 fully saturated rings. The maximum Gasteiger partial charge on any atom is 0.184 e. The van der Waals surface area contributed by atoms with Crippen LogP contribution in [0.25, 0.3) is 0 Å². The lowest BCUT2D eigenvalue weighted by molar-refractivity contribution is 0.333. The maximum atomic E-state index is 5.74. The fourth-order valence-corrected chi connectivity index (χ4v) is 2.08. The molecule has 1 aliphatic carbocycles. The van der Waals surface area contributed by atoms with Crippen molar-refractivity contribution in [2.45, 2.75) is 19.3 Å². The number of aromatic nitrogens is 1. The van der Waals surface area contributed by atoms with Crippen LogP contribution in [0.15, 0.2) is 6.20 Å². The van der Waals surface area contributed by atoms with Gasteiger partial charge in [-0.05, 0) is 18.8 Å². The minimum atomic E-state index is 0.756. The molecule has 4 heteroatoms. The van der Waals surface area contributed by atoms with Gasteiger partial charge in [0.05, 0.1) is 6.20 Å². The average Bonchev–Trinajstić information content (AvgIpc) is 2.32. The Labute approximate surface area is 81.0 Å². The van der Waals surface area contributed by atoms with Gasteiger partial charge in [0.15, 0.2) is 5.13 Å². The van der Waals surface area contributed by atoms with Crippen molar-refractivity contribution < 1.29 is 0 Å². The Morgan fingerprint density at radius 2 is 2.50 bits per heavy atom. The van der Waals surface area contributed by atoms with Crippen molar-refractivity contribution in [3.63, 3.8) is 0 Å². The van der Waals surface area contributed by atoms with Gasteiger partial charge >= 0.3 is 0 Å². The number of nitrogens with one attached hydrogen (secondary N) is 1. The molecular formula is C8H11ClN2S. The monoisotopic (exact) mass is 202 g/mol. The molecule has 0 saturated heterocycles. The average molecular weight is 203 g/mol. The van der Waals surface area contributed by atoms with Crippen LogP contribution in [0.4, 0.5) is 5.13 Å². The van der Waals surface area contributed by atoms with E-state index in [1.54, 1.807) is 6.20 Å². The third-order valence-corrected chi connectivity index (χ3v) is 3.32. The third-order valence-electron chi connectivity index (χ3n) is 2.24. The van der Waals surface area contributed by atoms with Crippen molar-refractivity contribution in [1.82, 2.24) is 4.98 Å². The van der Waals surface area contributed by atoms with Crippen LogP contribution in [-0.4, -0.2) is 11.5 Å². The summed E-state index contributed by atoms with van der Waals surface area (Å²) in [6.45, 7) is 1.06. The van der Waals surface area contributed by atoms with Gasteiger partial charge in [-0.25, -0.2) is 4.98 Å². The van der Waals surface area contributed by atoms with Crippen molar-refractivity contribution in [3.8, 4) is 0 Å². The fraction of sp³-hybridized carbons (Fsp3) is 0.625. The summed E-state index contributed by atoms with van der Waals surface area (Å²) in [4.78, 5) is 4.12. The Morgan fingerprint density at radius 1 is 1.67 bits per heavy atom. The minimum absolute atomic E-state index is 0.756. The highest BCUT2D eigenvalue weighted by molar-refractivity contribution is 7.19. The van der Waals surface area contributed by atoms with E-state index >= 15 is 0 Å². The molecule has 0 aliphatic heterocycles. The van der Waals surface area contributed by atoms with Crippen molar-refractivity contribution in [3.05, 3.63) is 10.5 Å². The standard InChI is InChI=1S/C8H11ClN2S/c9-7-5-11-8(12-7)10-4-6-2-1-3-6/h5-6H,1-4H2,(H,10,11). The zero-order chi connectivity index (χ0) is 8.39. The van der Waals surface area contributed by atoms with Crippen LogP contribution < -0.4 is 5.32 Å². The summed E-state index contributed by atoms with van der Waals surface area (Å²) < 4.78 is 0.756. The molecule has 1 aliphatic rings. The Bertz CT molecular complexity index is 257. The van der Waals surface area contributed by atoms with Crippen LogP contribution >= 0.6 is 22.9 Å². The summed E-state index contributed by atoms with van der Waals surface area (Å²) >= 11 is 7.25. The summed E-state index contributed by atoms with van der Waals surface area (Å²) in [6.07, 6.45) is 5.82. The molecule has 0 bridgehead atoms. The first-order chi connectivity index (χ1) is 5.84. The molecule has 0 spiro atoms. The second-order valence-electron chi connectivity index (χ2n) is 3.15. The van der Waals surface area contributed by atoms with E-state index in [2.05, 4.69) is 10.3 Å². The van der Waals surface area contributed by atoms with Gasteiger partial charge in [-0.3, -0.25) is 0 Å². The smallest absolute Gasteiger partial charge is 0.184 e. The normalized spacial score (nSPS) is 17.4. The second-order valence-corrected chi connectivity index (χ2v) is 4.81. The molecule has 0 atom stereocenters. The van der Waals surface area contributed by atoms with E-state index in [4.69, 9.17) is 11.6 Å². The molecule has 0 unspecified atom stereocenters. The second kappa shape index (κ2) is 3.62. The number of halogens is 1. The van der Waals surface area contributed by atoms with E-state index < -0.39 is 0 Å². The highest BCUT2D eigenvalue weighted by atomic mass is 35.5. The molecular weight excluding hydrogens is 192 g/mol. The zero-order valence-electron chi connectivity index (χ0n) is 6.72. The molecule has 1 N–H and O–H groups in total. The van der Waals surface area contributed by atoms with Gasteiger partial charge in [0.1, 0.15) is 4.34 Å². The topological polar surface area (TPSA) is 24.9 Å². The predicted molar refractivity (Wildman–Crippen MR) is 53.0 cm³/mol. The van der Waals surface area contributed by atoms with Gasteiger partial charge < -0.3 is 5.32 Å². The highest BCUT2D eigenvalue weighted by Gasteiger charge is 2.16. The van der Waals surface area contributed by atoms with Crippen molar-refractivity contribution in [2.75, 3.05) is 11.9 Å². The quantitative estimate of drug-likeness (QED) is 0.815. The lowest BCUT2D eigenvalue weighted by Crippen LogP contribution is -2.20. The van der Waals surface area contributed by atoms with E-state index in [9.17, 15) is 0 Å². The minimum Gasteiger partial charge on any atom is -0.361 e. The fourth-order valence-electron chi connectivity index (χ4n) is 1.26. The molecule has 1 aromatic rings. The lowest BCUT2D eigenvalue weighted by Gasteiger charge is -2.25. The first-order valence-electron chi connectivity index (χ1n) is 4.20. The first kappa shape index (κ1) is 8.32. The van der Waals surface area contributed by atoms with Gasteiger partial charge in [0.25, 0.3) is 0 Å². The first-order valence-corrected chi connectivity index (χ1v) is 5.39. The zero-order valence-corrected chi connectivity index (χ0v) is 8.29. The Balaban J connectivity index is 1.79. The molecule has 1 saturated carbocycles. The number of anilines is 1. The van der Waals surface area contributed by atoms with Crippen molar-refractivity contribution in [2.24, 2.45) is 5.92 Å². The lowest BCUT2D eigenvalue weighted by atomic mass is 9.86. The maximum absolute atomic E-state index is 5.74. The van der Waals surface area contributed by atoms with Gasteiger partial charge in [0.2, 0.25) is 0 Å². The van der Waals surface area contributed by atoms with Crippen molar-refractivity contribution >= 4 is 28.1 Å². The van der Waals surface area contributed by atoms with E-state index in [1.165, 1.54) is 30.6 Å². The molecule has 66 valence electrons. The molecule has 1 aromatic heterocycles. The van der Waals surface area contributed by atoms with E-state index in [0.717, 1.165) is 21.9 Å². The van der Waals surface area contributed by atoms with Gasteiger partial charge in [-0.2, -0.15) is 0 Å². The van der Waals surface area contributed by atoms with Gasteiger partial charge in [-0.15, -0.1) is 0 Å². The van der Waals surface area contributed by atoms with Crippen LogP contribution in [0.2, 0.25) is 4.34 Å². The van der Waals surface area contributed by atoms with E-state index in [-0.39, 0.29) is 0 Å². The molecule has 0 aromatic carbocycles. The van der Waals surface area contributed by atoms with Crippen LogP contribution in [0, 0.1) is 5.92 Å². The highest BCUT2D eigenvalue weighted by Crippen LogP contribution is 2.28. The number of thiazole rings is 1. The number of nitrogens with zero attached hydrogens (tertiary/aromatic N) is 1. The van der Waals surface area contributed by atoms with Crippen LogP contribution in [0.3, 0.4) is 0 Å². The summed E-state index contributed by atoms with van der Waals surface area (Å²) in [5.41, 5.74) is 0. The Hall–Kier alpha value is -0.280. The number of hydrogen-bond donors (Lipinski definition) is 1.